The fourth-order valence-corrected chi connectivity index (χ4v) is 2.77. The monoisotopic (exact) mass is 289 g/mol. The Balaban J connectivity index is 2.06. The van der Waals surface area contributed by atoms with Gasteiger partial charge in [0.2, 0.25) is 5.91 Å². The zero-order valence-corrected chi connectivity index (χ0v) is 13.6. The number of aryl methyl sites for hydroxylation is 1. The molecule has 1 amide bonds. The third-order valence-corrected chi connectivity index (χ3v) is 3.95. The highest BCUT2D eigenvalue weighted by atomic mass is 16.2. The number of piperazine rings is 1. The molecule has 0 saturated carbocycles. The molecule has 0 aromatic heterocycles. The van der Waals surface area contributed by atoms with Gasteiger partial charge in [0.15, 0.2) is 0 Å². The zero-order chi connectivity index (χ0) is 15.4. The van der Waals surface area contributed by atoms with Crippen LogP contribution in [-0.2, 0) is 11.3 Å². The number of hydrogen-bond donors (Lipinski definition) is 2. The van der Waals surface area contributed by atoms with Crippen molar-refractivity contribution in [2.75, 3.05) is 24.5 Å². The molecule has 1 saturated heterocycles. The Bertz CT molecular complexity index is 499. The van der Waals surface area contributed by atoms with Crippen molar-refractivity contribution in [3.8, 4) is 0 Å². The van der Waals surface area contributed by atoms with E-state index in [0.717, 1.165) is 26.2 Å². The molecule has 21 heavy (non-hydrogen) atoms. The summed E-state index contributed by atoms with van der Waals surface area (Å²) in [6.45, 7) is 12.0. The van der Waals surface area contributed by atoms with Crippen LogP contribution in [0.1, 0.15) is 31.9 Å². The number of anilines is 1. The van der Waals surface area contributed by atoms with Crippen LogP contribution in [0, 0.1) is 12.8 Å². The van der Waals surface area contributed by atoms with E-state index in [1.807, 2.05) is 6.92 Å². The zero-order valence-electron chi connectivity index (χ0n) is 13.6. The summed E-state index contributed by atoms with van der Waals surface area (Å²) < 4.78 is 0. The molecule has 0 bridgehead atoms. The van der Waals surface area contributed by atoms with Crippen LogP contribution in [0.25, 0.3) is 0 Å². The molecule has 2 rings (SSSR count). The smallest absolute Gasteiger partial charge is 0.242 e. The molecule has 4 nitrogen and oxygen atoms in total. The van der Waals surface area contributed by atoms with Gasteiger partial charge < -0.3 is 15.5 Å². The summed E-state index contributed by atoms with van der Waals surface area (Å²) in [5.41, 5.74) is 3.70. The predicted molar refractivity (Wildman–Crippen MR) is 87.5 cm³/mol. The van der Waals surface area contributed by atoms with Crippen molar-refractivity contribution in [3.05, 3.63) is 29.3 Å². The molecule has 1 unspecified atom stereocenters. The van der Waals surface area contributed by atoms with Crippen molar-refractivity contribution in [1.82, 2.24) is 10.6 Å². The van der Waals surface area contributed by atoms with Gasteiger partial charge in [-0.25, -0.2) is 0 Å². The minimum Gasteiger partial charge on any atom is -0.358 e. The van der Waals surface area contributed by atoms with Crippen LogP contribution in [0.4, 0.5) is 5.69 Å². The lowest BCUT2D eigenvalue weighted by Gasteiger charge is -2.35. The second-order valence-electron chi connectivity index (χ2n) is 6.31. The van der Waals surface area contributed by atoms with Crippen LogP contribution in [0.2, 0.25) is 0 Å². The molecule has 116 valence electrons. The number of carbonyl (C=O) groups excluding carboxylic acids is 1. The maximum absolute atomic E-state index is 11.8. The van der Waals surface area contributed by atoms with Crippen molar-refractivity contribution in [2.24, 2.45) is 5.92 Å². The standard InChI is InChI=1S/C17H27N3O/c1-12(2)10-18-11-15-5-6-16(13(3)9-15)20-8-7-19-17(21)14(20)4/h5-6,9,12,14,18H,7-8,10-11H2,1-4H3,(H,19,21). The van der Waals surface area contributed by atoms with E-state index in [-0.39, 0.29) is 11.9 Å². The molecule has 0 radical (unpaired) electrons. The topological polar surface area (TPSA) is 44.4 Å². The van der Waals surface area contributed by atoms with Crippen molar-refractivity contribution >= 4 is 11.6 Å². The first-order valence-electron chi connectivity index (χ1n) is 7.83. The van der Waals surface area contributed by atoms with Gasteiger partial charge in [0.05, 0.1) is 0 Å². The molecule has 1 atom stereocenters. The Kier molecular flexibility index (Phi) is 5.23. The lowest BCUT2D eigenvalue weighted by Crippen LogP contribution is -2.54. The van der Waals surface area contributed by atoms with E-state index in [9.17, 15) is 4.79 Å². The van der Waals surface area contributed by atoms with E-state index in [4.69, 9.17) is 0 Å². The summed E-state index contributed by atoms with van der Waals surface area (Å²) >= 11 is 0. The van der Waals surface area contributed by atoms with Gasteiger partial charge >= 0.3 is 0 Å². The van der Waals surface area contributed by atoms with Crippen molar-refractivity contribution in [2.45, 2.75) is 40.3 Å². The first kappa shape index (κ1) is 15.8. The van der Waals surface area contributed by atoms with E-state index in [0.29, 0.717) is 5.92 Å². The molecule has 0 aliphatic carbocycles. The Labute approximate surface area is 127 Å². The van der Waals surface area contributed by atoms with Crippen LogP contribution in [-0.4, -0.2) is 31.6 Å². The molecule has 1 heterocycles. The van der Waals surface area contributed by atoms with E-state index in [1.165, 1.54) is 16.8 Å². The van der Waals surface area contributed by atoms with Crippen LogP contribution in [0.5, 0.6) is 0 Å². The SMILES string of the molecule is Cc1cc(CNCC(C)C)ccc1N1CCNC(=O)C1C. The van der Waals surface area contributed by atoms with Gasteiger partial charge in [-0.3, -0.25) is 4.79 Å². The Morgan fingerprint density at radius 2 is 2.19 bits per heavy atom. The maximum Gasteiger partial charge on any atom is 0.242 e. The van der Waals surface area contributed by atoms with Crippen molar-refractivity contribution in [1.29, 1.82) is 0 Å². The average Bonchev–Trinajstić information content (AvgIpc) is 2.42. The summed E-state index contributed by atoms with van der Waals surface area (Å²) in [6.07, 6.45) is 0. The molecule has 1 aromatic rings. The number of nitrogens with one attached hydrogen (secondary N) is 2. The third-order valence-electron chi connectivity index (χ3n) is 3.95. The molecular weight excluding hydrogens is 262 g/mol. The highest BCUT2D eigenvalue weighted by molar-refractivity contribution is 5.86. The number of nitrogens with zero attached hydrogens (tertiary/aromatic N) is 1. The molecule has 4 heteroatoms. The van der Waals surface area contributed by atoms with Crippen LogP contribution in [0.3, 0.4) is 0 Å². The molecule has 2 N–H and O–H groups in total. The highest BCUT2D eigenvalue weighted by Crippen LogP contribution is 2.24. The molecule has 1 aliphatic rings. The van der Waals surface area contributed by atoms with Gasteiger partial charge in [-0.05, 0) is 43.5 Å². The molecular formula is C17H27N3O. The van der Waals surface area contributed by atoms with Gasteiger partial charge in [-0.15, -0.1) is 0 Å². The maximum atomic E-state index is 11.8. The first-order valence-corrected chi connectivity index (χ1v) is 7.83. The van der Waals surface area contributed by atoms with Gasteiger partial charge in [0.1, 0.15) is 6.04 Å². The number of rotatable bonds is 5. The summed E-state index contributed by atoms with van der Waals surface area (Å²) in [6, 6.07) is 6.44. The second-order valence-corrected chi connectivity index (χ2v) is 6.31. The molecule has 1 fully saturated rings. The fraction of sp³-hybridized carbons (Fsp3) is 0.588. The van der Waals surface area contributed by atoms with Gasteiger partial charge in [-0.1, -0.05) is 26.0 Å². The average molecular weight is 289 g/mol. The molecule has 1 aliphatic heterocycles. The van der Waals surface area contributed by atoms with Crippen LogP contribution in [0.15, 0.2) is 18.2 Å². The largest absolute Gasteiger partial charge is 0.358 e. The van der Waals surface area contributed by atoms with Crippen LogP contribution < -0.4 is 15.5 Å². The van der Waals surface area contributed by atoms with Crippen LogP contribution >= 0.6 is 0 Å². The quantitative estimate of drug-likeness (QED) is 0.872. The van der Waals surface area contributed by atoms with Gasteiger partial charge in [-0.2, -0.15) is 0 Å². The fourth-order valence-electron chi connectivity index (χ4n) is 2.77. The first-order chi connectivity index (χ1) is 9.99. The summed E-state index contributed by atoms with van der Waals surface area (Å²) in [7, 11) is 0. The Morgan fingerprint density at radius 1 is 1.43 bits per heavy atom. The third kappa shape index (κ3) is 3.97. The predicted octanol–water partition coefficient (Wildman–Crippen LogP) is 2.07. The Morgan fingerprint density at radius 3 is 2.86 bits per heavy atom. The van der Waals surface area contributed by atoms with Gasteiger partial charge in [0, 0.05) is 25.3 Å². The summed E-state index contributed by atoms with van der Waals surface area (Å²) in [4.78, 5) is 14.0. The van der Waals surface area contributed by atoms with Crippen molar-refractivity contribution in [3.63, 3.8) is 0 Å². The number of amides is 1. The number of hydrogen-bond acceptors (Lipinski definition) is 3. The Hall–Kier alpha value is -1.55. The second kappa shape index (κ2) is 6.94. The minimum absolute atomic E-state index is 0.0950. The number of benzene rings is 1. The number of carbonyl (C=O) groups is 1. The lowest BCUT2D eigenvalue weighted by atomic mass is 10.1. The van der Waals surface area contributed by atoms with Crippen molar-refractivity contribution < 1.29 is 4.79 Å². The lowest BCUT2D eigenvalue weighted by molar-refractivity contribution is -0.122. The van der Waals surface area contributed by atoms with E-state index in [1.54, 1.807) is 0 Å². The highest BCUT2D eigenvalue weighted by Gasteiger charge is 2.26. The van der Waals surface area contributed by atoms with E-state index < -0.39 is 0 Å². The summed E-state index contributed by atoms with van der Waals surface area (Å²) in [5.74, 6) is 0.779. The van der Waals surface area contributed by atoms with E-state index in [2.05, 4.69) is 54.5 Å². The van der Waals surface area contributed by atoms with Gasteiger partial charge in [0.25, 0.3) is 0 Å². The normalized spacial score (nSPS) is 19.0. The molecule has 0 spiro atoms. The van der Waals surface area contributed by atoms with E-state index >= 15 is 0 Å². The summed E-state index contributed by atoms with van der Waals surface area (Å²) in [5, 5.41) is 6.38. The molecule has 1 aromatic carbocycles. The minimum atomic E-state index is -0.0950.